The molecule has 0 saturated carbocycles. The third-order valence-corrected chi connectivity index (χ3v) is 3.65. The van der Waals surface area contributed by atoms with Crippen LogP contribution >= 0.6 is 11.6 Å². The average molecular weight is 342 g/mol. The molecule has 0 saturated heterocycles. The van der Waals surface area contributed by atoms with Gasteiger partial charge >= 0.3 is 6.36 Å². The lowest BCUT2D eigenvalue weighted by molar-refractivity contribution is -0.274. The summed E-state index contributed by atoms with van der Waals surface area (Å²) in [6.07, 6.45) is -3.06. The van der Waals surface area contributed by atoms with E-state index in [-0.39, 0.29) is 5.75 Å². The van der Waals surface area contributed by atoms with Gasteiger partial charge < -0.3 is 15.8 Å². The van der Waals surface area contributed by atoms with Crippen molar-refractivity contribution in [1.29, 1.82) is 0 Å². The number of aliphatic imine (C=N–C) groups is 1. The Morgan fingerprint density at radius 3 is 2.57 bits per heavy atom. The van der Waals surface area contributed by atoms with E-state index in [0.717, 1.165) is 0 Å². The smallest absolute Gasteiger partial charge is 0.406 e. The molecule has 3 rings (SSSR count). The molecule has 2 aromatic rings. The van der Waals surface area contributed by atoms with Gasteiger partial charge in [0.1, 0.15) is 11.4 Å². The zero-order valence-corrected chi connectivity index (χ0v) is 12.4. The van der Waals surface area contributed by atoms with Crippen LogP contribution in [-0.4, -0.2) is 19.1 Å². The molecule has 0 fully saturated rings. The average Bonchev–Trinajstić information content (AvgIpc) is 2.50. The minimum Gasteiger partial charge on any atom is -0.406 e. The van der Waals surface area contributed by atoms with E-state index < -0.39 is 6.36 Å². The Kier molecular flexibility index (Phi) is 3.81. The van der Waals surface area contributed by atoms with Gasteiger partial charge in [0.25, 0.3) is 0 Å². The van der Waals surface area contributed by atoms with Crippen LogP contribution in [0.25, 0.3) is 11.1 Å². The van der Waals surface area contributed by atoms with Crippen LogP contribution in [0, 0.1) is 0 Å². The maximum Gasteiger partial charge on any atom is 0.573 e. The van der Waals surface area contributed by atoms with Crippen LogP contribution in [0.2, 0.25) is 5.02 Å². The van der Waals surface area contributed by atoms with Gasteiger partial charge in [0.2, 0.25) is 0 Å². The monoisotopic (exact) mass is 341 g/mol. The Morgan fingerprint density at radius 2 is 1.91 bits per heavy atom. The van der Waals surface area contributed by atoms with Crippen molar-refractivity contribution in [2.45, 2.75) is 6.36 Å². The SMILES string of the molecule is Nc1cc(-c2ccc(OC(F)(F)F)cc2)c2c(c1Cl)N=CCN2. The highest BCUT2D eigenvalue weighted by molar-refractivity contribution is 6.37. The number of halogens is 4. The summed E-state index contributed by atoms with van der Waals surface area (Å²) < 4.78 is 40.5. The van der Waals surface area contributed by atoms with Gasteiger partial charge in [-0.3, -0.25) is 4.99 Å². The predicted molar refractivity (Wildman–Crippen MR) is 84.6 cm³/mol. The van der Waals surface area contributed by atoms with E-state index in [1.807, 2.05) is 0 Å². The lowest BCUT2D eigenvalue weighted by atomic mass is 10.0. The lowest BCUT2D eigenvalue weighted by Gasteiger charge is -2.19. The van der Waals surface area contributed by atoms with Gasteiger partial charge in [-0.25, -0.2) is 0 Å². The van der Waals surface area contributed by atoms with E-state index in [1.54, 1.807) is 12.3 Å². The fourth-order valence-electron chi connectivity index (χ4n) is 2.31. The molecule has 23 heavy (non-hydrogen) atoms. The second kappa shape index (κ2) is 5.66. The standard InChI is InChI=1S/C15H11ClF3N3O/c16-12-11(20)7-10(13-14(12)22-6-5-21-13)8-1-3-9(4-2-8)23-15(17,18)19/h1-4,6-7,21H,5,20H2. The minimum atomic E-state index is -4.72. The molecule has 8 heteroatoms. The van der Waals surface area contributed by atoms with Crippen molar-refractivity contribution in [2.24, 2.45) is 4.99 Å². The molecule has 0 bridgehead atoms. The van der Waals surface area contributed by atoms with Gasteiger partial charge in [-0.1, -0.05) is 23.7 Å². The lowest BCUT2D eigenvalue weighted by Crippen LogP contribution is -2.16. The maximum atomic E-state index is 12.2. The molecule has 2 aromatic carbocycles. The van der Waals surface area contributed by atoms with E-state index in [4.69, 9.17) is 17.3 Å². The molecule has 0 atom stereocenters. The van der Waals surface area contributed by atoms with E-state index >= 15 is 0 Å². The Morgan fingerprint density at radius 1 is 1.22 bits per heavy atom. The third-order valence-electron chi connectivity index (χ3n) is 3.26. The Labute approximate surface area is 134 Å². The Balaban J connectivity index is 2.02. The molecule has 1 aliphatic rings. The highest BCUT2D eigenvalue weighted by Crippen LogP contribution is 2.45. The zero-order chi connectivity index (χ0) is 16.6. The van der Waals surface area contributed by atoms with Gasteiger partial charge in [0.15, 0.2) is 0 Å². The number of hydrogen-bond acceptors (Lipinski definition) is 4. The van der Waals surface area contributed by atoms with Gasteiger partial charge in [0.05, 0.1) is 22.9 Å². The molecule has 0 aromatic heterocycles. The van der Waals surface area contributed by atoms with Crippen LogP contribution in [0.5, 0.6) is 5.75 Å². The Hall–Kier alpha value is -2.41. The fourth-order valence-corrected chi connectivity index (χ4v) is 2.51. The third kappa shape index (κ3) is 3.19. The Bertz CT molecular complexity index is 773. The number of hydrogen-bond donors (Lipinski definition) is 2. The largest absolute Gasteiger partial charge is 0.573 e. The summed E-state index contributed by atoms with van der Waals surface area (Å²) in [5.74, 6) is -0.289. The summed E-state index contributed by atoms with van der Waals surface area (Å²) in [4.78, 5) is 4.23. The predicted octanol–water partition coefficient (Wildman–Crippen LogP) is 4.62. The first-order valence-electron chi connectivity index (χ1n) is 6.60. The van der Waals surface area contributed by atoms with E-state index in [0.29, 0.717) is 39.8 Å². The van der Waals surface area contributed by atoms with Crippen molar-refractivity contribution >= 4 is 34.9 Å². The number of nitrogens with zero attached hydrogens (tertiary/aromatic N) is 1. The summed E-state index contributed by atoms with van der Waals surface area (Å²) in [6, 6.07) is 7.18. The second-order valence-corrected chi connectivity index (χ2v) is 5.19. The molecular formula is C15H11ClF3N3O. The number of nitrogen functional groups attached to an aromatic ring is 1. The number of nitrogens with two attached hydrogens (primary N) is 1. The number of rotatable bonds is 2. The molecule has 4 nitrogen and oxygen atoms in total. The number of benzene rings is 2. The van der Waals surface area contributed by atoms with Gasteiger partial charge in [-0.15, -0.1) is 13.2 Å². The van der Waals surface area contributed by atoms with Crippen LogP contribution in [-0.2, 0) is 0 Å². The quantitative estimate of drug-likeness (QED) is 0.784. The van der Waals surface area contributed by atoms with Crippen molar-refractivity contribution in [1.82, 2.24) is 0 Å². The number of ether oxygens (including phenoxy) is 1. The molecule has 3 N–H and O–H groups in total. The molecule has 1 heterocycles. The van der Waals surface area contributed by atoms with Crippen molar-refractivity contribution < 1.29 is 17.9 Å². The van der Waals surface area contributed by atoms with E-state index in [9.17, 15) is 13.2 Å². The fraction of sp³-hybridized carbons (Fsp3) is 0.133. The van der Waals surface area contributed by atoms with Crippen molar-refractivity contribution in [3.05, 3.63) is 35.4 Å². The maximum absolute atomic E-state index is 12.2. The summed E-state index contributed by atoms with van der Waals surface area (Å²) >= 11 is 6.14. The number of nitrogens with one attached hydrogen (secondary N) is 1. The molecule has 0 radical (unpaired) electrons. The van der Waals surface area contributed by atoms with Crippen LogP contribution in [0.15, 0.2) is 35.3 Å². The molecule has 120 valence electrons. The minimum absolute atomic E-state index is 0.289. The van der Waals surface area contributed by atoms with Crippen LogP contribution in [0.4, 0.5) is 30.2 Å². The van der Waals surface area contributed by atoms with Crippen molar-refractivity contribution in [3.63, 3.8) is 0 Å². The molecule has 0 spiro atoms. The number of anilines is 2. The van der Waals surface area contributed by atoms with E-state index in [2.05, 4.69) is 15.0 Å². The first kappa shape index (κ1) is 15.5. The first-order chi connectivity index (χ1) is 10.8. The molecule has 0 aliphatic carbocycles. The zero-order valence-electron chi connectivity index (χ0n) is 11.6. The highest BCUT2D eigenvalue weighted by atomic mass is 35.5. The summed E-state index contributed by atoms with van der Waals surface area (Å²) in [5.41, 5.74) is 8.82. The van der Waals surface area contributed by atoms with Crippen molar-refractivity contribution in [2.75, 3.05) is 17.6 Å². The first-order valence-corrected chi connectivity index (χ1v) is 6.97. The number of alkyl halides is 3. The second-order valence-electron chi connectivity index (χ2n) is 4.82. The molecule has 1 aliphatic heterocycles. The topological polar surface area (TPSA) is 59.6 Å². The normalized spacial score (nSPS) is 13.4. The van der Waals surface area contributed by atoms with Crippen molar-refractivity contribution in [3.8, 4) is 16.9 Å². The van der Waals surface area contributed by atoms with Gasteiger partial charge in [-0.2, -0.15) is 0 Å². The number of fused-ring (bicyclic) bond motifs is 1. The molecular weight excluding hydrogens is 331 g/mol. The summed E-state index contributed by atoms with van der Waals surface area (Å²) in [7, 11) is 0. The van der Waals surface area contributed by atoms with E-state index in [1.165, 1.54) is 24.3 Å². The molecule has 0 amide bonds. The van der Waals surface area contributed by atoms with Crippen LogP contribution < -0.4 is 15.8 Å². The van der Waals surface area contributed by atoms with Crippen LogP contribution in [0.1, 0.15) is 0 Å². The summed E-state index contributed by atoms with van der Waals surface area (Å²) in [6.45, 7) is 0.523. The summed E-state index contributed by atoms with van der Waals surface area (Å²) in [5, 5.41) is 3.49. The van der Waals surface area contributed by atoms with Gasteiger partial charge in [-0.05, 0) is 23.8 Å². The molecule has 0 unspecified atom stereocenters. The van der Waals surface area contributed by atoms with Gasteiger partial charge in [0, 0.05) is 11.8 Å². The van der Waals surface area contributed by atoms with Crippen LogP contribution in [0.3, 0.4) is 0 Å². The highest BCUT2D eigenvalue weighted by Gasteiger charge is 2.31.